The number of amides is 2. The number of carbonyl (C=O) groups excluding carboxylic acids is 3. The maximum absolute atomic E-state index is 14.0. The smallest absolute Gasteiger partial charge is 0.336 e. The van der Waals surface area contributed by atoms with Crippen LogP contribution in [0.5, 0.6) is 0 Å². The maximum Gasteiger partial charge on any atom is 0.336 e. The topological polar surface area (TPSA) is 70.2 Å². The molecule has 1 saturated heterocycles. The molecule has 2 amide bonds. The van der Waals surface area contributed by atoms with Crippen LogP contribution in [0.2, 0.25) is 0 Å². The van der Waals surface area contributed by atoms with Crippen molar-refractivity contribution in [1.29, 1.82) is 0 Å². The molecule has 2 heterocycles. The first-order valence-electron chi connectivity index (χ1n) is 15.1. The Kier molecular flexibility index (Phi) is 10.0. The Labute approximate surface area is 258 Å². The van der Waals surface area contributed by atoms with Crippen molar-refractivity contribution in [2.45, 2.75) is 32.7 Å². The number of benzene rings is 3. The number of ether oxygens (including phenoxy) is 1. The molecule has 1 fully saturated rings. The first-order valence-corrected chi connectivity index (χ1v) is 15.1. The van der Waals surface area contributed by atoms with Gasteiger partial charge in [0.05, 0.1) is 18.7 Å². The highest BCUT2D eigenvalue weighted by molar-refractivity contribution is 5.96. The van der Waals surface area contributed by atoms with Crippen molar-refractivity contribution in [3.8, 4) is 0 Å². The van der Waals surface area contributed by atoms with Crippen LogP contribution < -0.4 is 0 Å². The number of hydrogen-bond donors (Lipinski definition) is 0. The second-order valence-electron chi connectivity index (χ2n) is 11.1. The molecule has 1 unspecified atom stereocenters. The zero-order valence-electron chi connectivity index (χ0n) is 25.2. The van der Waals surface area contributed by atoms with Crippen molar-refractivity contribution in [3.05, 3.63) is 124 Å². The molecule has 2 aliphatic rings. The summed E-state index contributed by atoms with van der Waals surface area (Å²) in [6.45, 7) is 7.67. The van der Waals surface area contributed by atoms with E-state index in [2.05, 4.69) is 29.2 Å². The Morgan fingerprint density at radius 3 is 2.36 bits per heavy atom. The van der Waals surface area contributed by atoms with E-state index in [1.807, 2.05) is 35.2 Å². The minimum atomic E-state index is -0.589. The fourth-order valence-corrected chi connectivity index (χ4v) is 5.84. The Bertz CT molecular complexity index is 1540. The molecular weight excluding hydrogens is 557 g/mol. The van der Waals surface area contributed by atoms with E-state index < -0.39 is 17.7 Å². The number of nitrogens with zero attached hydrogens (tertiary/aromatic N) is 3. The van der Waals surface area contributed by atoms with Crippen LogP contribution in [0.3, 0.4) is 0 Å². The number of piperazine rings is 1. The maximum atomic E-state index is 14.0. The van der Waals surface area contributed by atoms with Crippen molar-refractivity contribution in [2.75, 3.05) is 39.3 Å². The standard InChI is InChI=1S/C36H38FN3O4/c1-3-44-36(43)34-26(2)40(33(41)24-32(34)30-12-7-13-31(37)23-30)25-28-14-16-29(17-15-28)35(42)39-21-19-38(20-22-39)18-8-11-27-9-5-4-6-10-27/h4-17,23,32H,3,18-22,24-25H2,1-2H3. The van der Waals surface area contributed by atoms with E-state index in [0.29, 0.717) is 35.5 Å². The van der Waals surface area contributed by atoms with Gasteiger partial charge in [0.15, 0.2) is 0 Å². The molecule has 0 aromatic heterocycles. The molecule has 3 aromatic rings. The zero-order chi connectivity index (χ0) is 31.1. The summed E-state index contributed by atoms with van der Waals surface area (Å²) < 4.78 is 19.4. The molecule has 44 heavy (non-hydrogen) atoms. The third-order valence-electron chi connectivity index (χ3n) is 8.24. The molecule has 7 nitrogen and oxygen atoms in total. The van der Waals surface area contributed by atoms with Crippen LogP contribution in [0.25, 0.3) is 6.08 Å². The molecule has 0 N–H and O–H groups in total. The molecule has 0 spiro atoms. The van der Waals surface area contributed by atoms with Crippen LogP contribution in [-0.4, -0.2) is 71.8 Å². The minimum absolute atomic E-state index is 0.0105. The number of hydrogen-bond acceptors (Lipinski definition) is 5. The van der Waals surface area contributed by atoms with Crippen molar-refractivity contribution in [2.24, 2.45) is 0 Å². The lowest BCUT2D eigenvalue weighted by atomic mass is 9.83. The number of rotatable bonds is 9. The molecule has 0 radical (unpaired) electrons. The minimum Gasteiger partial charge on any atom is -0.463 e. The van der Waals surface area contributed by atoms with Gasteiger partial charge in [0.1, 0.15) is 5.82 Å². The summed E-state index contributed by atoms with van der Waals surface area (Å²) in [6.07, 6.45) is 4.31. The Morgan fingerprint density at radius 2 is 1.68 bits per heavy atom. The van der Waals surface area contributed by atoms with Gasteiger partial charge in [-0.05, 0) is 54.8 Å². The average molecular weight is 596 g/mol. The molecule has 0 aliphatic carbocycles. The number of carbonyl (C=O) groups is 3. The van der Waals surface area contributed by atoms with Gasteiger partial charge in [-0.15, -0.1) is 0 Å². The van der Waals surface area contributed by atoms with E-state index >= 15 is 0 Å². The Morgan fingerprint density at radius 1 is 0.955 bits per heavy atom. The fourth-order valence-electron chi connectivity index (χ4n) is 5.84. The molecule has 5 rings (SSSR count). The van der Waals surface area contributed by atoms with Crippen molar-refractivity contribution >= 4 is 23.9 Å². The van der Waals surface area contributed by atoms with E-state index in [0.717, 1.165) is 25.2 Å². The van der Waals surface area contributed by atoms with Crippen LogP contribution in [0, 0.1) is 5.82 Å². The van der Waals surface area contributed by atoms with Gasteiger partial charge in [-0.25, -0.2) is 9.18 Å². The van der Waals surface area contributed by atoms with E-state index in [1.54, 1.807) is 43.0 Å². The summed E-state index contributed by atoms with van der Waals surface area (Å²) in [6, 6.07) is 23.5. The number of allylic oxidation sites excluding steroid dienone is 1. The summed E-state index contributed by atoms with van der Waals surface area (Å²) >= 11 is 0. The molecule has 8 heteroatoms. The summed E-state index contributed by atoms with van der Waals surface area (Å²) in [4.78, 5) is 45.4. The van der Waals surface area contributed by atoms with Gasteiger partial charge in [0.2, 0.25) is 5.91 Å². The molecular formula is C36H38FN3O4. The summed E-state index contributed by atoms with van der Waals surface area (Å²) in [5, 5.41) is 0. The molecule has 0 bridgehead atoms. The largest absolute Gasteiger partial charge is 0.463 e. The SMILES string of the molecule is CCOC(=O)C1=C(C)N(Cc2ccc(C(=O)N3CCN(CC=Cc4ccccc4)CC3)cc2)C(=O)CC1c1cccc(F)c1. The quantitative estimate of drug-likeness (QED) is 0.299. The molecule has 3 aromatic carbocycles. The van der Waals surface area contributed by atoms with Gasteiger partial charge >= 0.3 is 5.97 Å². The molecule has 2 aliphatic heterocycles. The van der Waals surface area contributed by atoms with E-state index in [-0.39, 0.29) is 31.4 Å². The molecule has 0 saturated carbocycles. The van der Waals surface area contributed by atoms with Gasteiger partial charge in [0, 0.05) is 56.3 Å². The number of esters is 1. The summed E-state index contributed by atoms with van der Waals surface area (Å²) in [5.41, 5.74) is 4.02. The van der Waals surface area contributed by atoms with Gasteiger partial charge in [-0.3, -0.25) is 14.5 Å². The lowest BCUT2D eigenvalue weighted by Gasteiger charge is -2.35. The third kappa shape index (κ3) is 7.32. The first kappa shape index (κ1) is 30.9. The third-order valence-corrected chi connectivity index (χ3v) is 8.24. The predicted octanol–water partition coefficient (Wildman–Crippen LogP) is 5.65. The highest BCUT2D eigenvalue weighted by Crippen LogP contribution is 2.38. The normalized spacial score (nSPS) is 17.8. The lowest BCUT2D eigenvalue weighted by molar-refractivity contribution is -0.140. The van der Waals surface area contributed by atoms with Crippen LogP contribution >= 0.6 is 0 Å². The summed E-state index contributed by atoms with van der Waals surface area (Å²) in [7, 11) is 0. The lowest BCUT2D eigenvalue weighted by Crippen LogP contribution is -2.48. The average Bonchev–Trinajstić information content (AvgIpc) is 3.03. The van der Waals surface area contributed by atoms with Crippen molar-refractivity contribution in [3.63, 3.8) is 0 Å². The van der Waals surface area contributed by atoms with E-state index in [1.165, 1.54) is 17.7 Å². The highest BCUT2D eigenvalue weighted by Gasteiger charge is 2.37. The Hall–Kier alpha value is -4.56. The second kappa shape index (κ2) is 14.3. The summed E-state index contributed by atoms with van der Waals surface area (Å²) in [5.74, 6) is -1.70. The van der Waals surface area contributed by atoms with Crippen LogP contribution in [0.4, 0.5) is 4.39 Å². The van der Waals surface area contributed by atoms with Crippen LogP contribution in [0.1, 0.15) is 53.2 Å². The van der Waals surface area contributed by atoms with Gasteiger partial charge < -0.3 is 14.5 Å². The van der Waals surface area contributed by atoms with Crippen LogP contribution in [0.15, 0.2) is 96.2 Å². The van der Waals surface area contributed by atoms with Gasteiger partial charge in [-0.1, -0.05) is 66.7 Å². The van der Waals surface area contributed by atoms with Gasteiger partial charge in [-0.2, -0.15) is 0 Å². The second-order valence-corrected chi connectivity index (χ2v) is 11.1. The Balaban J connectivity index is 1.22. The van der Waals surface area contributed by atoms with E-state index in [9.17, 15) is 18.8 Å². The van der Waals surface area contributed by atoms with Crippen LogP contribution in [-0.2, 0) is 20.9 Å². The zero-order valence-corrected chi connectivity index (χ0v) is 25.2. The fraction of sp³-hybridized carbons (Fsp3) is 0.306. The first-order chi connectivity index (χ1) is 21.3. The van der Waals surface area contributed by atoms with E-state index in [4.69, 9.17) is 4.74 Å². The van der Waals surface area contributed by atoms with Crippen molar-refractivity contribution in [1.82, 2.24) is 14.7 Å². The highest BCUT2D eigenvalue weighted by atomic mass is 19.1. The van der Waals surface area contributed by atoms with Gasteiger partial charge in [0.25, 0.3) is 5.91 Å². The molecule has 228 valence electrons. The van der Waals surface area contributed by atoms with Crippen molar-refractivity contribution < 1.29 is 23.5 Å². The monoisotopic (exact) mass is 595 g/mol. The predicted molar refractivity (Wildman–Crippen MR) is 168 cm³/mol. The molecule has 1 atom stereocenters. The number of halogens is 1.